The molecule has 0 spiro atoms. The first kappa shape index (κ1) is 16.0. The molecule has 116 valence electrons. The van der Waals surface area contributed by atoms with Crippen molar-refractivity contribution in [3.05, 3.63) is 35.9 Å². The number of benzene rings is 1. The van der Waals surface area contributed by atoms with Crippen LogP contribution in [0.4, 0.5) is 0 Å². The Labute approximate surface area is 126 Å². The summed E-state index contributed by atoms with van der Waals surface area (Å²) in [5.41, 5.74) is 0.985. The summed E-state index contributed by atoms with van der Waals surface area (Å²) in [5.74, 6) is -0.267. The maximum Gasteiger partial charge on any atom is 0.325 e. The minimum Gasteiger partial charge on any atom is -0.468 e. The molecule has 2 unspecified atom stereocenters. The lowest BCUT2D eigenvalue weighted by atomic mass is 9.93. The Balaban J connectivity index is 2.14. The highest BCUT2D eigenvalue weighted by Gasteiger charge is 2.32. The molecular weight excluding hydrogens is 266 g/mol. The van der Waals surface area contributed by atoms with Gasteiger partial charge in [-0.25, -0.2) is 0 Å². The third-order valence-electron chi connectivity index (χ3n) is 4.16. The van der Waals surface area contributed by atoms with Crippen molar-refractivity contribution in [1.82, 2.24) is 5.32 Å². The minimum atomic E-state index is -0.467. The van der Waals surface area contributed by atoms with Crippen LogP contribution in [0.25, 0.3) is 0 Å². The van der Waals surface area contributed by atoms with Crippen LogP contribution in [0.1, 0.15) is 43.8 Å². The SMILES string of the molecule is COC(=O)C(NC1CCCCC1)C(OC)c1ccccc1. The predicted molar refractivity (Wildman–Crippen MR) is 82.0 cm³/mol. The van der Waals surface area contributed by atoms with Crippen molar-refractivity contribution >= 4 is 5.97 Å². The van der Waals surface area contributed by atoms with E-state index >= 15 is 0 Å². The van der Waals surface area contributed by atoms with Gasteiger partial charge in [0.2, 0.25) is 0 Å². The lowest BCUT2D eigenvalue weighted by Gasteiger charge is -2.31. The topological polar surface area (TPSA) is 47.6 Å². The largest absolute Gasteiger partial charge is 0.468 e. The number of carbonyl (C=O) groups excluding carboxylic acids is 1. The van der Waals surface area contributed by atoms with E-state index in [1.165, 1.54) is 26.4 Å². The number of carbonyl (C=O) groups is 1. The molecule has 0 aliphatic heterocycles. The molecule has 0 heterocycles. The molecule has 1 aromatic rings. The van der Waals surface area contributed by atoms with Gasteiger partial charge in [0.1, 0.15) is 12.1 Å². The van der Waals surface area contributed by atoms with Crippen LogP contribution in [0.3, 0.4) is 0 Å². The fraction of sp³-hybridized carbons (Fsp3) is 0.588. The van der Waals surface area contributed by atoms with E-state index < -0.39 is 6.04 Å². The van der Waals surface area contributed by atoms with Crippen molar-refractivity contribution in [2.45, 2.75) is 50.3 Å². The highest BCUT2D eigenvalue weighted by molar-refractivity contribution is 5.76. The standard InChI is InChI=1S/C17H25NO3/c1-20-16(13-9-5-3-6-10-13)15(17(19)21-2)18-14-11-7-4-8-12-14/h3,5-6,9-10,14-16,18H,4,7-8,11-12H2,1-2H3. The molecule has 0 radical (unpaired) electrons. The molecule has 1 aliphatic rings. The van der Waals surface area contributed by atoms with Gasteiger partial charge in [0.05, 0.1) is 7.11 Å². The Hall–Kier alpha value is -1.39. The number of hydrogen-bond donors (Lipinski definition) is 1. The van der Waals surface area contributed by atoms with Crippen LogP contribution in [0.5, 0.6) is 0 Å². The van der Waals surface area contributed by atoms with Crippen LogP contribution in [0.2, 0.25) is 0 Å². The van der Waals surface area contributed by atoms with Crippen molar-refractivity contribution in [3.63, 3.8) is 0 Å². The predicted octanol–water partition coefficient (Wildman–Crippen LogP) is 2.84. The fourth-order valence-corrected chi connectivity index (χ4v) is 3.04. The van der Waals surface area contributed by atoms with Gasteiger partial charge in [0.15, 0.2) is 0 Å². The Morgan fingerprint density at radius 1 is 1.14 bits per heavy atom. The molecule has 1 saturated carbocycles. The summed E-state index contributed by atoms with van der Waals surface area (Å²) in [6.45, 7) is 0. The second-order valence-electron chi connectivity index (χ2n) is 5.57. The normalized spacial score (nSPS) is 19.0. The van der Waals surface area contributed by atoms with Crippen LogP contribution in [-0.4, -0.2) is 32.3 Å². The summed E-state index contributed by atoms with van der Waals surface area (Å²) < 4.78 is 10.6. The highest BCUT2D eigenvalue weighted by Crippen LogP contribution is 2.24. The zero-order valence-corrected chi connectivity index (χ0v) is 12.9. The van der Waals surface area contributed by atoms with E-state index in [0.717, 1.165) is 18.4 Å². The number of methoxy groups -OCH3 is 2. The van der Waals surface area contributed by atoms with E-state index in [1.54, 1.807) is 7.11 Å². The average Bonchev–Trinajstić information content (AvgIpc) is 2.56. The third-order valence-corrected chi connectivity index (χ3v) is 4.16. The van der Waals surface area contributed by atoms with Gasteiger partial charge in [-0.2, -0.15) is 0 Å². The van der Waals surface area contributed by atoms with E-state index in [4.69, 9.17) is 9.47 Å². The van der Waals surface area contributed by atoms with Crippen molar-refractivity contribution in [2.75, 3.05) is 14.2 Å². The Morgan fingerprint density at radius 2 is 1.81 bits per heavy atom. The van der Waals surface area contributed by atoms with E-state index in [1.807, 2.05) is 30.3 Å². The molecule has 1 N–H and O–H groups in total. The molecule has 1 aromatic carbocycles. The van der Waals surface area contributed by atoms with Gasteiger partial charge in [0, 0.05) is 13.2 Å². The van der Waals surface area contributed by atoms with Crippen LogP contribution in [0, 0.1) is 0 Å². The van der Waals surface area contributed by atoms with Gasteiger partial charge in [-0.05, 0) is 18.4 Å². The second-order valence-corrected chi connectivity index (χ2v) is 5.57. The van der Waals surface area contributed by atoms with Crippen LogP contribution < -0.4 is 5.32 Å². The summed E-state index contributed by atoms with van der Waals surface area (Å²) in [6.07, 6.45) is 5.61. The molecule has 0 amide bonds. The number of hydrogen-bond acceptors (Lipinski definition) is 4. The van der Waals surface area contributed by atoms with E-state index in [9.17, 15) is 4.79 Å². The maximum absolute atomic E-state index is 12.2. The monoisotopic (exact) mass is 291 g/mol. The molecule has 0 aromatic heterocycles. The Kier molecular flexibility index (Phi) is 6.21. The van der Waals surface area contributed by atoms with Gasteiger partial charge < -0.3 is 9.47 Å². The summed E-state index contributed by atoms with van der Waals surface area (Å²) in [7, 11) is 3.06. The summed E-state index contributed by atoms with van der Waals surface area (Å²) in [5, 5.41) is 3.46. The van der Waals surface area contributed by atoms with Crippen LogP contribution in [-0.2, 0) is 14.3 Å². The molecule has 0 bridgehead atoms. The molecule has 2 atom stereocenters. The van der Waals surface area contributed by atoms with Crippen molar-refractivity contribution in [3.8, 4) is 0 Å². The smallest absolute Gasteiger partial charge is 0.325 e. The molecule has 4 heteroatoms. The van der Waals surface area contributed by atoms with E-state index in [2.05, 4.69) is 5.32 Å². The Morgan fingerprint density at radius 3 is 2.38 bits per heavy atom. The minimum absolute atomic E-state index is 0.267. The average molecular weight is 291 g/mol. The number of ether oxygens (including phenoxy) is 2. The second kappa shape index (κ2) is 8.15. The summed E-state index contributed by atoms with van der Waals surface area (Å²) in [6, 6.07) is 9.72. The van der Waals surface area contributed by atoms with Gasteiger partial charge in [-0.3, -0.25) is 10.1 Å². The molecule has 2 rings (SSSR count). The van der Waals surface area contributed by atoms with Gasteiger partial charge >= 0.3 is 5.97 Å². The number of esters is 1. The zero-order chi connectivity index (χ0) is 15.1. The molecule has 1 aliphatic carbocycles. The summed E-state index contributed by atoms with van der Waals surface area (Å²) >= 11 is 0. The number of nitrogens with one attached hydrogen (secondary N) is 1. The van der Waals surface area contributed by atoms with Crippen molar-refractivity contribution in [1.29, 1.82) is 0 Å². The summed E-state index contributed by atoms with van der Waals surface area (Å²) in [4.78, 5) is 12.2. The first-order chi connectivity index (χ1) is 10.3. The maximum atomic E-state index is 12.2. The Bertz CT molecular complexity index is 429. The van der Waals surface area contributed by atoms with Crippen LogP contribution >= 0.6 is 0 Å². The molecule has 4 nitrogen and oxygen atoms in total. The van der Waals surface area contributed by atoms with Gasteiger partial charge in [-0.1, -0.05) is 49.6 Å². The third kappa shape index (κ3) is 4.29. The van der Waals surface area contributed by atoms with E-state index in [0.29, 0.717) is 6.04 Å². The van der Waals surface area contributed by atoms with Crippen molar-refractivity contribution < 1.29 is 14.3 Å². The van der Waals surface area contributed by atoms with Gasteiger partial charge in [0.25, 0.3) is 0 Å². The molecule has 1 fully saturated rings. The molecule has 21 heavy (non-hydrogen) atoms. The first-order valence-electron chi connectivity index (χ1n) is 7.68. The molecular formula is C17H25NO3. The quantitative estimate of drug-likeness (QED) is 0.819. The van der Waals surface area contributed by atoms with Crippen LogP contribution in [0.15, 0.2) is 30.3 Å². The van der Waals surface area contributed by atoms with Gasteiger partial charge in [-0.15, -0.1) is 0 Å². The number of rotatable bonds is 6. The lowest BCUT2D eigenvalue weighted by Crippen LogP contribution is -2.48. The first-order valence-corrected chi connectivity index (χ1v) is 7.68. The van der Waals surface area contributed by atoms with E-state index in [-0.39, 0.29) is 12.1 Å². The highest BCUT2D eigenvalue weighted by atomic mass is 16.5. The van der Waals surface area contributed by atoms with Crippen molar-refractivity contribution in [2.24, 2.45) is 0 Å². The molecule has 0 saturated heterocycles. The fourth-order valence-electron chi connectivity index (χ4n) is 3.04. The lowest BCUT2D eigenvalue weighted by molar-refractivity contribution is -0.147. The zero-order valence-electron chi connectivity index (χ0n) is 12.9.